The zero-order valence-electron chi connectivity index (χ0n) is 13.2. The van der Waals surface area contributed by atoms with Crippen molar-refractivity contribution in [2.24, 2.45) is 0 Å². The lowest BCUT2D eigenvalue weighted by Crippen LogP contribution is -2.09. The molecule has 132 valence electrons. The number of aromatic carboxylic acids is 1. The van der Waals surface area contributed by atoms with Crippen molar-refractivity contribution >= 4 is 5.97 Å². The van der Waals surface area contributed by atoms with E-state index in [1.54, 1.807) is 0 Å². The first-order valence-corrected chi connectivity index (χ1v) is 7.58. The number of carboxylic acids is 1. The van der Waals surface area contributed by atoms with Gasteiger partial charge in [0.25, 0.3) is 0 Å². The van der Waals surface area contributed by atoms with Crippen molar-refractivity contribution in [1.82, 2.24) is 0 Å². The first-order valence-electron chi connectivity index (χ1n) is 7.58. The van der Waals surface area contributed by atoms with Gasteiger partial charge < -0.3 is 5.11 Å². The van der Waals surface area contributed by atoms with Crippen LogP contribution in [-0.4, -0.2) is 11.1 Å². The Labute approximate surface area is 146 Å². The van der Waals surface area contributed by atoms with Crippen molar-refractivity contribution in [3.05, 3.63) is 83.7 Å². The topological polar surface area (TPSA) is 37.3 Å². The standard InChI is InChI=1S/C20H12F4O2/c21-18-8-4-3-5-13(18)12-9-10-15(17(11-12)20(22,23)24)14-6-1-2-7-16(14)19(25)26/h1-11H,(H,25,26). The Morgan fingerprint density at radius 2 is 1.42 bits per heavy atom. The summed E-state index contributed by atoms with van der Waals surface area (Å²) in [5, 5.41) is 9.26. The van der Waals surface area contributed by atoms with E-state index in [-0.39, 0.29) is 27.8 Å². The van der Waals surface area contributed by atoms with Crippen LogP contribution in [0.15, 0.2) is 66.7 Å². The molecule has 0 saturated carbocycles. The van der Waals surface area contributed by atoms with Crippen molar-refractivity contribution in [3.8, 4) is 22.3 Å². The average Bonchev–Trinajstić information content (AvgIpc) is 2.61. The lowest BCUT2D eigenvalue weighted by Gasteiger charge is -2.16. The number of hydrogen-bond donors (Lipinski definition) is 1. The lowest BCUT2D eigenvalue weighted by molar-refractivity contribution is -0.137. The maximum atomic E-state index is 13.9. The number of halogens is 4. The maximum absolute atomic E-state index is 13.9. The molecular formula is C20H12F4O2. The molecule has 0 aliphatic rings. The van der Waals surface area contributed by atoms with E-state index in [1.807, 2.05) is 0 Å². The number of alkyl halides is 3. The molecular weight excluding hydrogens is 348 g/mol. The van der Waals surface area contributed by atoms with Crippen LogP contribution in [0.1, 0.15) is 15.9 Å². The predicted molar refractivity (Wildman–Crippen MR) is 89.2 cm³/mol. The van der Waals surface area contributed by atoms with Gasteiger partial charge in [-0.1, -0.05) is 48.5 Å². The molecule has 0 saturated heterocycles. The van der Waals surface area contributed by atoms with Crippen molar-refractivity contribution in [2.75, 3.05) is 0 Å². The zero-order valence-corrected chi connectivity index (χ0v) is 13.2. The summed E-state index contributed by atoms with van der Waals surface area (Å²) in [6.45, 7) is 0. The van der Waals surface area contributed by atoms with E-state index >= 15 is 0 Å². The van der Waals surface area contributed by atoms with Gasteiger partial charge in [0, 0.05) is 5.56 Å². The van der Waals surface area contributed by atoms with Crippen LogP contribution in [0, 0.1) is 5.82 Å². The third-order valence-corrected chi connectivity index (χ3v) is 3.96. The molecule has 6 heteroatoms. The molecule has 0 atom stereocenters. The van der Waals surface area contributed by atoms with Crippen LogP contribution in [0.4, 0.5) is 17.6 Å². The molecule has 3 aromatic rings. The normalized spacial score (nSPS) is 11.4. The minimum Gasteiger partial charge on any atom is -0.478 e. The van der Waals surface area contributed by atoms with Crippen LogP contribution >= 0.6 is 0 Å². The summed E-state index contributed by atoms with van der Waals surface area (Å²) >= 11 is 0. The van der Waals surface area contributed by atoms with Crippen LogP contribution in [0.3, 0.4) is 0 Å². The molecule has 0 radical (unpaired) electrons. The highest BCUT2D eigenvalue weighted by Crippen LogP contribution is 2.40. The SMILES string of the molecule is O=C(O)c1ccccc1-c1ccc(-c2ccccc2F)cc1C(F)(F)F. The molecule has 0 amide bonds. The zero-order chi connectivity index (χ0) is 18.9. The second-order valence-electron chi connectivity index (χ2n) is 5.59. The molecule has 0 aromatic heterocycles. The van der Waals surface area contributed by atoms with E-state index in [0.29, 0.717) is 0 Å². The number of rotatable bonds is 3. The summed E-state index contributed by atoms with van der Waals surface area (Å²) in [4.78, 5) is 11.4. The van der Waals surface area contributed by atoms with E-state index < -0.39 is 23.5 Å². The van der Waals surface area contributed by atoms with Gasteiger partial charge in [0.15, 0.2) is 0 Å². The monoisotopic (exact) mass is 360 g/mol. The molecule has 0 bridgehead atoms. The number of hydrogen-bond acceptors (Lipinski definition) is 1. The van der Waals surface area contributed by atoms with Crippen LogP contribution in [0.2, 0.25) is 0 Å². The summed E-state index contributed by atoms with van der Waals surface area (Å²) in [7, 11) is 0. The molecule has 26 heavy (non-hydrogen) atoms. The van der Waals surface area contributed by atoms with Gasteiger partial charge in [-0.25, -0.2) is 9.18 Å². The van der Waals surface area contributed by atoms with E-state index in [2.05, 4.69) is 0 Å². The fourth-order valence-corrected chi connectivity index (χ4v) is 2.78. The smallest absolute Gasteiger partial charge is 0.417 e. The van der Waals surface area contributed by atoms with Gasteiger partial charge in [-0.3, -0.25) is 0 Å². The van der Waals surface area contributed by atoms with Crippen molar-refractivity contribution in [2.45, 2.75) is 6.18 Å². The molecule has 0 spiro atoms. The Balaban J connectivity index is 2.26. The fourth-order valence-electron chi connectivity index (χ4n) is 2.78. The second-order valence-corrected chi connectivity index (χ2v) is 5.59. The van der Waals surface area contributed by atoms with E-state index in [0.717, 1.165) is 12.1 Å². The second kappa shape index (κ2) is 6.63. The average molecular weight is 360 g/mol. The van der Waals surface area contributed by atoms with E-state index in [9.17, 15) is 27.5 Å². The summed E-state index contributed by atoms with van der Waals surface area (Å²) in [5.41, 5.74) is -1.48. The number of benzene rings is 3. The van der Waals surface area contributed by atoms with E-state index in [1.165, 1.54) is 54.6 Å². The van der Waals surface area contributed by atoms with Crippen molar-refractivity contribution in [3.63, 3.8) is 0 Å². The summed E-state index contributed by atoms with van der Waals surface area (Å²) in [5.74, 6) is -1.97. The van der Waals surface area contributed by atoms with Gasteiger partial charge in [-0.2, -0.15) is 13.2 Å². The Bertz CT molecular complexity index is 978. The van der Waals surface area contributed by atoms with Gasteiger partial charge >= 0.3 is 12.1 Å². The lowest BCUT2D eigenvalue weighted by atomic mass is 9.92. The molecule has 0 heterocycles. The highest BCUT2D eigenvalue weighted by molar-refractivity contribution is 5.96. The van der Waals surface area contributed by atoms with Crippen LogP contribution in [0.25, 0.3) is 22.3 Å². The van der Waals surface area contributed by atoms with Gasteiger partial charge in [0.05, 0.1) is 11.1 Å². The number of carboxylic acid groups (broad SMARTS) is 1. The maximum Gasteiger partial charge on any atom is 0.417 e. The molecule has 3 rings (SSSR count). The molecule has 0 aliphatic heterocycles. The van der Waals surface area contributed by atoms with E-state index in [4.69, 9.17) is 0 Å². The van der Waals surface area contributed by atoms with Crippen molar-refractivity contribution < 1.29 is 27.5 Å². The largest absolute Gasteiger partial charge is 0.478 e. The Morgan fingerprint density at radius 3 is 2.04 bits per heavy atom. The van der Waals surface area contributed by atoms with Gasteiger partial charge in [-0.05, 0) is 34.9 Å². The Kier molecular flexibility index (Phi) is 4.50. The van der Waals surface area contributed by atoms with Crippen molar-refractivity contribution in [1.29, 1.82) is 0 Å². The van der Waals surface area contributed by atoms with Crippen LogP contribution < -0.4 is 0 Å². The summed E-state index contributed by atoms with van der Waals surface area (Å²) in [6.07, 6.45) is -4.73. The molecule has 0 unspecified atom stereocenters. The third kappa shape index (κ3) is 3.31. The fraction of sp³-hybridized carbons (Fsp3) is 0.0500. The van der Waals surface area contributed by atoms with Crippen LogP contribution in [0.5, 0.6) is 0 Å². The van der Waals surface area contributed by atoms with Crippen LogP contribution in [-0.2, 0) is 6.18 Å². The summed E-state index contributed by atoms with van der Waals surface area (Å²) in [6, 6.07) is 14.3. The van der Waals surface area contributed by atoms with Gasteiger partial charge in [0.2, 0.25) is 0 Å². The first-order chi connectivity index (χ1) is 12.3. The number of carbonyl (C=O) groups is 1. The summed E-state index contributed by atoms with van der Waals surface area (Å²) < 4.78 is 54.8. The first kappa shape index (κ1) is 17.7. The minimum absolute atomic E-state index is 0.0380. The highest BCUT2D eigenvalue weighted by atomic mass is 19.4. The quantitative estimate of drug-likeness (QED) is 0.593. The van der Waals surface area contributed by atoms with Gasteiger partial charge in [-0.15, -0.1) is 0 Å². The highest BCUT2D eigenvalue weighted by Gasteiger charge is 2.35. The Morgan fingerprint density at radius 1 is 0.808 bits per heavy atom. The molecule has 1 N–H and O–H groups in total. The molecule has 3 aromatic carbocycles. The molecule has 0 aliphatic carbocycles. The molecule has 2 nitrogen and oxygen atoms in total. The molecule has 0 fully saturated rings. The van der Waals surface area contributed by atoms with Gasteiger partial charge in [0.1, 0.15) is 5.82 Å². The Hall–Kier alpha value is -3.15. The predicted octanol–water partition coefficient (Wildman–Crippen LogP) is 5.88. The minimum atomic E-state index is -4.73. The third-order valence-electron chi connectivity index (χ3n) is 3.96.